The van der Waals surface area contributed by atoms with Gasteiger partial charge in [0.1, 0.15) is 0 Å². The van der Waals surface area contributed by atoms with E-state index in [2.05, 4.69) is 21.8 Å². The van der Waals surface area contributed by atoms with Crippen LogP contribution in [0.5, 0.6) is 5.88 Å². The molecule has 1 aliphatic rings. The summed E-state index contributed by atoms with van der Waals surface area (Å²) in [4.78, 5) is 10.7. The van der Waals surface area contributed by atoms with Gasteiger partial charge in [0, 0.05) is 30.7 Å². The molecular weight excluding hydrogens is 226 g/mol. The van der Waals surface area contributed by atoms with Gasteiger partial charge in [-0.15, -0.1) is 11.6 Å². The molecule has 0 aromatic carbocycles. The molecule has 0 N–H and O–H groups in total. The first-order chi connectivity index (χ1) is 7.70. The highest BCUT2D eigenvalue weighted by Crippen LogP contribution is 2.24. The SMILES string of the molecule is COc1ccnc(N2CCC(Cl)C(C)C2)n1. The van der Waals surface area contributed by atoms with Crippen LogP contribution in [-0.4, -0.2) is 35.5 Å². The van der Waals surface area contributed by atoms with Crippen molar-refractivity contribution in [1.82, 2.24) is 9.97 Å². The second kappa shape index (κ2) is 4.87. The summed E-state index contributed by atoms with van der Waals surface area (Å²) in [5, 5.41) is 0.266. The summed E-state index contributed by atoms with van der Waals surface area (Å²) in [6.45, 7) is 3.97. The Morgan fingerprint density at radius 1 is 1.56 bits per heavy atom. The molecule has 1 aromatic heterocycles. The standard InChI is InChI=1S/C11H16ClN3O/c1-8-7-15(6-4-9(8)12)11-13-5-3-10(14-11)16-2/h3,5,8-9H,4,6-7H2,1-2H3. The van der Waals surface area contributed by atoms with Crippen LogP contribution in [0.15, 0.2) is 12.3 Å². The molecule has 1 saturated heterocycles. The first-order valence-corrected chi connectivity index (χ1v) is 5.90. The monoisotopic (exact) mass is 241 g/mol. The maximum atomic E-state index is 6.19. The van der Waals surface area contributed by atoms with E-state index in [1.165, 1.54) is 0 Å². The minimum Gasteiger partial charge on any atom is -0.481 e. The van der Waals surface area contributed by atoms with E-state index in [9.17, 15) is 0 Å². The van der Waals surface area contributed by atoms with Gasteiger partial charge in [-0.05, 0) is 12.3 Å². The van der Waals surface area contributed by atoms with Crippen molar-refractivity contribution in [2.45, 2.75) is 18.7 Å². The van der Waals surface area contributed by atoms with Crippen LogP contribution >= 0.6 is 11.6 Å². The molecule has 2 heterocycles. The number of alkyl halides is 1. The van der Waals surface area contributed by atoms with Crippen LogP contribution in [0.4, 0.5) is 5.95 Å². The Hall–Kier alpha value is -1.03. The summed E-state index contributed by atoms with van der Waals surface area (Å²) in [6, 6.07) is 1.75. The van der Waals surface area contributed by atoms with Crippen molar-refractivity contribution in [3.63, 3.8) is 0 Å². The van der Waals surface area contributed by atoms with Crippen LogP contribution in [0.3, 0.4) is 0 Å². The number of hydrogen-bond acceptors (Lipinski definition) is 4. The number of halogens is 1. The predicted octanol–water partition coefficient (Wildman–Crippen LogP) is 1.94. The van der Waals surface area contributed by atoms with Gasteiger partial charge in [-0.2, -0.15) is 4.98 Å². The lowest BCUT2D eigenvalue weighted by Gasteiger charge is -2.34. The van der Waals surface area contributed by atoms with Crippen molar-refractivity contribution in [1.29, 1.82) is 0 Å². The van der Waals surface area contributed by atoms with Crippen molar-refractivity contribution < 1.29 is 4.74 Å². The predicted molar refractivity (Wildman–Crippen MR) is 64.2 cm³/mol. The van der Waals surface area contributed by atoms with Crippen molar-refractivity contribution in [3.8, 4) is 5.88 Å². The summed E-state index contributed by atoms with van der Waals surface area (Å²) in [5.41, 5.74) is 0. The lowest BCUT2D eigenvalue weighted by atomic mass is 10.00. The molecule has 0 amide bonds. The van der Waals surface area contributed by atoms with E-state index >= 15 is 0 Å². The molecule has 16 heavy (non-hydrogen) atoms. The Labute approximate surface area is 101 Å². The number of anilines is 1. The number of aromatic nitrogens is 2. The molecule has 2 unspecified atom stereocenters. The van der Waals surface area contributed by atoms with Crippen LogP contribution in [0, 0.1) is 5.92 Å². The fourth-order valence-corrected chi connectivity index (χ4v) is 2.07. The van der Waals surface area contributed by atoms with Gasteiger partial charge >= 0.3 is 0 Å². The van der Waals surface area contributed by atoms with Crippen LogP contribution in [-0.2, 0) is 0 Å². The summed E-state index contributed by atoms with van der Waals surface area (Å²) in [7, 11) is 1.61. The Morgan fingerprint density at radius 2 is 2.38 bits per heavy atom. The lowest BCUT2D eigenvalue weighted by molar-refractivity contribution is 0.394. The molecule has 0 spiro atoms. The van der Waals surface area contributed by atoms with E-state index in [1.54, 1.807) is 19.4 Å². The number of piperidine rings is 1. The molecule has 88 valence electrons. The van der Waals surface area contributed by atoms with Gasteiger partial charge in [0.15, 0.2) is 0 Å². The average Bonchev–Trinajstić information content (AvgIpc) is 2.33. The fourth-order valence-electron chi connectivity index (χ4n) is 1.90. The van der Waals surface area contributed by atoms with Gasteiger partial charge < -0.3 is 9.64 Å². The number of methoxy groups -OCH3 is 1. The molecule has 1 fully saturated rings. The molecule has 0 saturated carbocycles. The third-order valence-electron chi connectivity index (χ3n) is 2.91. The maximum Gasteiger partial charge on any atom is 0.228 e. The van der Waals surface area contributed by atoms with Gasteiger partial charge in [0.25, 0.3) is 0 Å². The summed E-state index contributed by atoms with van der Waals surface area (Å²) >= 11 is 6.19. The van der Waals surface area contributed by atoms with Gasteiger partial charge in [-0.25, -0.2) is 4.98 Å². The van der Waals surface area contributed by atoms with Crippen LogP contribution in [0.2, 0.25) is 0 Å². The molecule has 5 heteroatoms. The van der Waals surface area contributed by atoms with Gasteiger partial charge in [0.05, 0.1) is 7.11 Å². The van der Waals surface area contributed by atoms with E-state index in [4.69, 9.17) is 16.3 Å². The van der Waals surface area contributed by atoms with E-state index in [0.717, 1.165) is 25.5 Å². The Bertz CT molecular complexity index is 361. The van der Waals surface area contributed by atoms with Crippen molar-refractivity contribution >= 4 is 17.5 Å². The highest BCUT2D eigenvalue weighted by molar-refractivity contribution is 6.20. The van der Waals surface area contributed by atoms with E-state index in [-0.39, 0.29) is 5.38 Å². The normalized spacial score (nSPS) is 25.6. The van der Waals surface area contributed by atoms with E-state index in [1.807, 2.05) is 0 Å². The average molecular weight is 242 g/mol. The molecule has 0 bridgehead atoms. The topological polar surface area (TPSA) is 38.2 Å². The first kappa shape index (κ1) is 11.5. The Morgan fingerprint density at radius 3 is 3.06 bits per heavy atom. The van der Waals surface area contributed by atoms with Crippen LogP contribution < -0.4 is 9.64 Å². The van der Waals surface area contributed by atoms with Gasteiger partial charge in [-0.1, -0.05) is 6.92 Å². The van der Waals surface area contributed by atoms with Crippen LogP contribution in [0.25, 0.3) is 0 Å². The highest BCUT2D eigenvalue weighted by Gasteiger charge is 2.25. The highest BCUT2D eigenvalue weighted by atomic mass is 35.5. The maximum absolute atomic E-state index is 6.19. The third kappa shape index (κ3) is 2.38. The summed E-state index contributed by atoms with van der Waals surface area (Å²) in [5.74, 6) is 1.80. The molecule has 0 aliphatic carbocycles. The minimum atomic E-state index is 0.266. The zero-order valence-electron chi connectivity index (χ0n) is 9.56. The molecule has 0 radical (unpaired) electrons. The second-order valence-corrected chi connectivity index (χ2v) is 4.69. The zero-order valence-corrected chi connectivity index (χ0v) is 10.3. The minimum absolute atomic E-state index is 0.266. The molecular formula is C11H16ClN3O. The summed E-state index contributed by atoms with van der Waals surface area (Å²) in [6.07, 6.45) is 2.70. The number of hydrogen-bond donors (Lipinski definition) is 0. The third-order valence-corrected chi connectivity index (χ3v) is 3.56. The van der Waals surface area contributed by atoms with Gasteiger partial charge in [0.2, 0.25) is 11.8 Å². The molecule has 1 aromatic rings. The second-order valence-electron chi connectivity index (χ2n) is 4.13. The van der Waals surface area contributed by atoms with Crippen LogP contribution in [0.1, 0.15) is 13.3 Å². The van der Waals surface area contributed by atoms with Gasteiger partial charge in [-0.3, -0.25) is 0 Å². The fraction of sp³-hybridized carbons (Fsp3) is 0.636. The van der Waals surface area contributed by atoms with E-state index < -0.39 is 0 Å². The Kier molecular flexibility index (Phi) is 3.49. The lowest BCUT2D eigenvalue weighted by Crippen LogP contribution is -2.40. The number of nitrogens with zero attached hydrogens (tertiary/aromatic N) is 3. The molecule has 1 aliphatic heterocycles. The first-order valence-electron chi connectivity index (χ1n) is 5.46. The molecule has 2 atom stereocenters. The number of ether oxygens (including phenoxy) is 1. The largest absolute Gasteiger partial charge is 0.481 e. The summed E-state index contributed by atoms with van der Waals surface area (Å²) < 4.78 is 5.09. The number of rotatable bonds is 2. The van der Waals surface area contributed by atoms with Crippen molar-refractivity contribution in [2.24, 2.45) is 5.92 Å². The molecule has 2 rings (SSSR count). The van der Waals surface area contributed by atoms with Crippen molar-refractivity contribution in [3.05, 3.63) is 12.3 Å². The smallest absolute Gasteiger partial charge is 0.228 e. The zero-order chi connectivity index (χ0) is 11.5. The Balaban J connectivity index is 2.12. The molecule has 4 nitrogen and oxygen atoms in total. The van der Waals surface area contributed by atoms with Crippen molar-refractivity contribution in [2.75, 3.05) is 25.1 Å². The quantitative estimate of drug-likeness (QED) is 0.742. The van der Waals surface area contributed by atoms with E-state index in [0.29, 0.717) is 11.8 Å².